The summed E-state index contributed by atoms with van der Waals surface area (Å²) in [4.78, 5) is 15.6. The van der Waals surface area contributed by atoms with Crippen LogP contribution in [0.3, 0.4) is 0 Å². The smallest absolute Gasteiger partial charge is 0.198 e. The minimum absolute atomic E-state index is 0.0966. The van der Waals surface area contributed by atoms with Gasteiger partial charge in [0.15, 0.2) is 5.78 Å². The third-order valence-electron chi connectivity index (χ3n) is 3.34. The van der Waals surface area contributed by atoms with E-state index >= 15 is 0 Å². The molecule has 0 spiro atoms. The van der Waals surface area contributed by atoms with Crippen molar-refractivity contribution in [2.75, 3.05) is 0 Å². The van der Waals surface area contributed by atoms with Crippen LogP contribution in [0.4, 0.5) is 0 Å². The van der Waals surface area contributed by atoms with Crippen molar-refractivity contribution in [2.24, 2.45) is 0 Å². The molecule has 0 aliphatic rings. The second-order valence-corrected chi connectivity index (χ2v) is 4.73. The van der Waals surface area contributed by atoms with Crippen LogP contribution >= 0.6 is 0 Å². The van der Waals surface area contributed by atoms with Crippen molar-refractivity contribution in [2.45, 2.75) is 13.8 Å². The molecule has 0 fully saturated rings. The first-order chi connectivity index (χ1) is 9.60. The first-order valence-electron chi connectivity index (χ1n) is 6.23. The van der Waals surface area contributed by atoms with E-state index in [-0.39, 0.29) is 5.78 Å². The molecule has 4 heteroatoms. The van der Waals surface area contributed by atoms with Gasteiger partial charge in [-0.15, -0.1) is 0 Å². The molecule has 0 saturated carbocycles. The number of rotatable bonds is 2. The lowest BCUT2D eigenvalue weighted by molar-refractivity contribution is 0.103. The number of nitrogens with one attached hydrogen (secondary N) is 1. The number of H-pyrrole nitrogens is 1. The van der Waals surface area contributed by atoms with Gasteiger partial charge < -0.3 is 9.40 Å². The van der Waals surface area contributed by atoms with Crippen LogP contribution in [0.25, 0.3) is 10.9 Å². The second-order valence-electron chi connectivity index (χ2n) is 4.73. The SMILES string of the molecule is Cc1cc(C(=O)c2c[nH]c3ccc(C#N)cc23)c(C)o1. The van der Waals surface area contributed by atoms with Gasteiger partial charge in [-0.2, -0.15) is 5.26 Å². The van der Waals surface area contributed by atoms with Crippen LogP contribution in [0.15, 0.2) is 34.9 Å². The zero-order valence-electron chi connectivity index (χ0n) is 11.2. The number of nitrogens with zero attached hydrogens (tertiary/aromatic N) is 1. The van der Waals surface area contributed by atoms with Crippen LogP contribution in [-0.2, 0) is 0 Å². The number of furan rings is 1. The van der Waals surface area contributed by atoms with Gasteiger partial charge in [-0.25, -0.2) is 0 Å². The highest BCUT2D eigenvalue weighted by atomic mass is 16.3. The molecule has 98 valence electrons. The van der Waals surface area contributed by atoms with Crippen LogP contribution in [0, 0.1) is 25.2 Å². The molecule has 1 N–H and O–H groups in total. The molecule has 20 heavy (non-hydrogen) atoms. The molecule has 0 unspecified atom stereocenters. The predicted octanol–water partition coefficient (Wildman–Crippen LogP) is 3.48. The van der Waals surface area contributed by atoms with E-state index in [9.17, 15) is 4.79 Å². The summed E-state index contributed by atoms with van der Waals surface area (Å²) in [7, 11) is 0. The minimum Gasteiger partial charge on any atom is -0.466 e. The lowest BCUT2D eigenvalue weighted by Crippen LogP contribution is -2.00. The van der Waals surface area contributed by atoms with E-state index in [1.165, 1.54) is 0 Å². The topological polar surface area (TPSA) is 69.8 Å². The number of nitriles is 1. The maximum absolute atomic E-state index is 12.6. The molecular formula is C16H12N2O2. The molecule has 3 rings (SSSR count). The molecule has 4 nitrogen and oxygen atoms in total. The van der Waals surface area contributed by atoms with E-state index in [1.54, 1.807) is 37.4 Å². The molecular weight excluding hydrogens is 252 g/mol. The molecule has 1 aromatic carbocycles. The molecule has 0 atom stereocenters. The molecule has 2 aromatic heterocycles. The number of hydrogen-bond acceptors (Lipinski definition) is 3. The van der Waals surface area contributed by atoms with E-state index in [1.807, 2.05) is 6.92 Å². The fourth-order valence-electron chi connectivity index (χ4n) is 2.38. The van der Waals surface area contributed by atoms with Crippen LogP contribution in [-0.4, -0.2) is 10.8 Å². The number of benzene rings is 1. The van der Waals surface area contributed by atoms with Gasteiger partial charge in [0, 0.05) is 22.7 Å². The summed E-state index contributed by atoms with van der Waals surface area (Å²) in [6.07, 6.45) is 1.68. The van der Waals surface area contributed by atoms with Gasteiger partial charge in [0.1, 0.15) is 11.5 Å². The minimum atomic E-state index is -0.0966. The van der Waals surface area contributed by atoms with Crippen molar-refractivity contribution in [3.63, 3.8) is 0 Å². The normalized spacial score (nSPS) is 10.7. The Labute approximate surface area is 115 Å². The third-order valence-corrected chi connectivity index (χ3v) is 3.34. The monoisotopic (exact) mass is 264 g/mol. The van der Waals surface area contributed by atoms with Gasteiger partial charge in [-0.3, -0.25) is 4.79 Å². The fourth-order valence-corrected chi connectivity index (χ4v) is 2.38. The Balaban J connectivity index is 2.17. The Bertz CT molecular complexity index is 862. The van der Waals surface area contributed by atoms with Crippen LogP contribution in [0.1, 0.15) is 33.0 Å². The summed E-state index contributed by atoms with van der Waals surface area (Å²) < 4.78 is 5.41. The number of aryl methyl sites for hydroxylation is 2. The van der Waals surface area contributed by atoms with Gasteiger partial charge in [0.25, 0.3) is 0 Å². The summed E-state index contributed by atoms with van der Waals surface area (Å²) in [6.45, 7) is 3.59. The second kappa shape index (κ2) is 4.39. The maximum Gasteiger partial charge on any atom is 0.198 e. The van der Waals surface area contributed by atoms with Crippen molar-refractivity contribution < 1.29 is 9.21 Å². The lowest BCUT2D eigenvalue weighted by Gasteiger charge is -1.98. The number of carbonyl (C=O) groups excluding carboxylic acids is 1. The first-order valence-corrected chi connectivity index (χ1v) is 6.23. The van der Waals surface area contributed by atoms with Gasteiger partial charge in [-0.1, -0.05) is 0 Å². The largest absolute Gasteiger partial charge is 0.466 e. The van der Waals surface area contributed by atoms with Crippen LogP contribution in [0.2, 0.25) is 0 Å². The molecule has 2 heterocycles. The molecule has 0 amide bonds. The van der Waals surface area contributed by atoms with E-state index in [0.29, 0.717) is 28.2 Å². The third kappa shape index (κ3) is 1.81. The van der Waals surface area contributed by atoms with Crippen LogP contribution in [0.5, 0.6) is 0 Å². The van der Waals surface area contributed by atoms with E-state index in [0.717, 1.165) is 10.9 Å². The van der Waals surface area contributed by atoms with Crippen molar-refractivity contribution in [1.82, 2.24) is 4.98 Å². The number of carbonyl (C=O) groups is 1. The van der Waals surface area contributed by atoms with Crippen molar-refractivity contribution in [1.29, 1.82) is 5.26 Å². The molecule has 0 radical (unpaired) electrons. The highest BCUT2D eigenvalue weighted by Crippen LogP contribution is 2.24. The van der Waals surface area contributed by atoms with E-state index in [2.05, 4.69) is 11.1 Å². The fraction of sp³-hybridized carbons (Fsp3) is 0.125. The number of ketones is 1. The van der Waals surface area contributed by atoms with Gasteiger partial charge in [0.2, 0.25) is 0 Å². The average molecular weight is 264 g/mol. The van der Waals surface area contributed by atoms with Gasteiger partial charge in [0.05, 0.1) is 17.2 Å². The molecule has 0 aliphatic carbocycles. The van der Waals surface area contributed by atoms with Gasteiger partial charge >= 0.3 is 0 Å². The molecule has 0 aliphatic heterocycles. The zero-order chi connectivity index (χ0) is 14.3. The van der Waals surface area contributed by atoms with Crippen molar-refractivity contribution >= 4 is 16.7 Å². The van der Waals surface area contributed by atoms with Crippen molar-refractivity contribution in [3.05, 3.63) is 58.7 Å². The summed E-state index contributed by atoms with van der Waals surface area (Å²) >= 11 is 0. The molecule has 0 bridgehead atoms. The number of fused-ring (bicyclic) bond motifs is 1. The first kappa shape index (κ1) is 12.2. The number of aromatic amines is 1. The summed E-state index contributed by atoms with van der Waals surface area (Å²) in [5.74, 6) is 1.22. The van der Waals surface area contributed by atoms with Gasteiger partial charge in [-0.05, 0) is 38.1 Å². The van der Waals surface area contributed by atoms with Crippen LogP contribution < -0.4 is 0 Å². The summed E-state index contributed by atoms with van der Waals surface area (Å²) in [5, 5.41) is 9.73. The quantitative estimate of drug-likeness (QED) is 0.720. The average Bonchev–Trinajstić information content (AvgIpc) is 3.00. The Hall–Kier alpha value is -2.80. The Morgan fingerprint density at radius 2 is 2.05 bits per heavy atom. The number of hydrogen-bond donors (Lipinski definition) is 1. The Kier molecular flexibility index (Phi) is 2.69. The highest BCUT2D eigenvalue weighted by Gasteiger charge is 2.19. The molecule has 3 aromatic rings. The zero-order valence-corrected chi connectivity index (χ0v) is 11.2. The highest BCUT2D eigenvalue weighted by molar-refractivity contribution is 6.16. The predicted molar refractivity (Wildman–Crippen MR) is 74.6 cm³/mol. The standard InChI is InChI=1S/C16H12N2O2/c1-9-5-12(10(2)20-9)16(19)14-8-18-15-4-3-11(7-17)6-13(14)15/h3-6,8,18H,1-2H3. The summed E-state index contributed by atoms with van der Waals surface area (Å²) in [6, 6.07) is 9.08. The van der Waals surface area contributed by atoms with Crippen molar-refractivity contribution in [3.8, 4) is 6.07 Å². The number of aromatic nitrogens is 1. The molecule has 0 saturated heterocycles. The Morgan fingerprint density at radius 3 is 2.70 bits per heavy atom. The maximum atomic E-state index is 12.6. The van der Waals surface area contributed by atoms with E-state index in [4.69, 9.17) is 9.68 Å². The van der Waals surface area contributed by atoms with E-state index < -0.39 is 0 Å². The Morgan fingerprint density at radius 1 is 1.25 bits per heavy atom. The summed E-state index contributed by atoms with van der Waals surface area (Å²) in [5.41, 5.74) is 2.49. The lowest BCUT2D eigenvalue weighted by atomic mass is 10.0.